The number of aromatic nitrogens is 2. The molecule has 5 nitrogen and oxygen atoms in total. The van der Waals surface area contributed by atoms with Gasteiger partial charge in [0.1, 0.15) is 10.6 Å². The minimum atomic E-state index is 0.333. The predicted octanol–water partition coefficient (Wildman–Crippen LogP) is 3.06. The lowest BCUT2D eigenvalue weighted by atomic mass is 10.3. The Labute approximate surface area is 128 Å². The van der Waals surface area contributed by atoms with Crippen molar-refractivity contribution < 1.29 is 4.74 Å². The highest BCUT2D eigenvalue weighted by Crippen LogP contribution is 2.30. The molecule has 2 heterocycles. The van der Waals surface area contributed by atoms with Crippen LogP contribution in [0.2, 0.25) is 0 Å². The molecule has 1 aliphatic rings. The van der Waals surface area contributed by atoms with Gasteiger partial charge in [0.05, 0.1) is 5.39 Å². The predicted molar refractivity (Wildman–Crippen MR) is 87.9 cm³/mol. The first-order valence-corrected chi connectivity index (χ1v) is 8.45. The molecule has 2 aromatic heterocycles. The van der Waals surface area contributed by atoms with Crippen LogP contribution in [0.5, 0.6) is 0 Å². The van der Waals surface area contributed by atoms with E-state index in [9.17, 15) is 0 Å². The second-order valence-corrected chi connectivity index (χ2v) is 6.63. The van der Waals surface area contributed by atoms with Gasteiger partial charge in [0.15, 0.2) is 0 Å². The first-order chi connectivity index (χ1) is 10.3. The third kappa shape index (κ3) is 3.83. The fourth-order valence-electron chi connectivity index (χ4n) is 2.21. The Balaban J connectivity index is 1.55. The van der Waals surface area contributed by atoms with Crippen molar-refractivity contribution in [2.24, 2.45) is 5.92 Å². The minimum Gasteiger partial charge on any atom is -0.381 e. The molecule has 0 spiro atoms. The van der Waals surface area contributed by atoms with E-state index in [0.717, 1.165) is 54.6 Å². The maximum absolute atomic E-state index is 5.79. The van der Waals surface area contributed by atoms with Crippen molar-refractivity contribution in [2.45, 2.75) is 32.6 Å². The molecular weight excluding hydrogens is 284 g/mol. The number of nitrogens with two attached hydrogens (primary N) is 1. The lowest BCUT2D eigenvalue weighted by molar-refractivity contribution is 0.124. The second kappa shape index (κ2) is 6.58. The van der Waals surface area contributed by atoms with Gasteiger partial charge in [-0.05, 0) is 37.7 Å². The number of aryl methyl sites for hydroxylation is 1. The zero-order valence-electron chi connectivity index (χ0n) is 12.4. The maximum Gasteiger partial charge on any atom is 0.223 e. The van der Waals surface area contributed by atoms with Gasteiger partial charge >= 0.3 is 0 Å². The molecular formula is C15H22N4OS. The highest BCUT2D eigenvalue weighted by molar-refractivity contribution is 7.18. The van der Waals surface area contributed by atoms with Gasteiger partial charge in [0.25, 0.3) is 0 Å². The molecule has 21 heavy (non-hydrogen) atoms. The highest BCUT2D eigenvalue weighted by atomic mass is 32.1. The summed E-state index contributed by atoms with van der Waals surface area (Å²) in [7, 11) is 0. The molecule has 0 unspecified atom stereocenters. The first-order valence-electron chi connectivity index (χ1n) is 7.64. The fourth-order valence-corrected chi connectivity index (χ4v) is 3.19. The fraction of sp³-hybridized carbons (Fsp3) is 0.600. The number of rotatable bonds is 8. The number of hydrogen-bond acceptors (Lipinski definition) is 6. The summed E-state index contributed by atoms with van der Waals surface area (Å²) >= 11 is 1.69. The van der Waals surface area contributed by atoms with Crippen LogP contribution >= 0.6 is 11.3 Å². The monoisotopic (exact) mass is 306 g/mol. The molecule has 0 atom stereocenters. The Morgan fingerprint density at radius 3 is 3.05 bits per heavy atom. The van der Waals surface area contributed by atoms with E-state index in [1.54, 1.807) is 11.3 Å². The van der Waals surface area contributed by atoms with Gasteiger partial charge in [0, 0.05) is 24.6 Å². The van der Waals surface area contributed by atoms with Crippen molar-refractivity contribution in [2.75, 3.05) is 30.8 Å². The largest absolute Gasteiger partial charge is 0.381 e. The van der Waals surface area contributed by atoms with Crippen LogP contribution in [0.1, 0.15) is 31.1 Å². The van der Waals surface area contributed by atoms with Crippen molar-refractivity contribution in [3.05, 3.63) is 10.9 Å². The topological polar surface area (TPSA) is 73.1 Å². The number of anilines is 2. The molecule has 0 aromatic carbocycles. The average Bonchev–Trinajstić information content (AvgIpc) is 3.20. The van der Waals surface area contributed by atoms with E-state index in [1.807, 2.05) is 0 Å². The third-order valence-electron chi connectivity index (χ3n) is 3.62. The van der Waals surface area contributed by atoms with Crippen LogP contribution in [0.4, 0.5) is 11.8 Å². The maximum atomic E-state index is 5.79. The molecule has 0 amide bonds. The number of ether oxygens (including phenoxy) is 1. The Morgan fingerprint density at radius 1 is 1.43 bits per heavy atom. The molecule has 114 valence electrons. The summed E-state index contributed by atoms with van der Waals surface area (Å²) in [5.74, 6) is 2.01. The molecule has 1 fully saturated rings. The zero-order valence-corrected chi connectivity index (χ0v) is 13.2. The average molecular weight is 306 g/mol. The van der Waals surface area contributed by atoms with E-state index in [4.69, 9.17) is 10.5 Å². The van der Waals surface area contributed by atoms with E-state index in [2.05, 4.69) is 28.3 Å². The molecule has 0 radical (unpaired) electrons. The number of nitrogens with one attached hydrogen (secondary N) is 1. The van der Waals surface area contributed by atoms with E-state index in [1.165, 1.54) is 17.7 Å². The Hall–Kier alpha value is -1.40. The third-order valence-corrected chi connectivity index (χ3v) is 4.79. The summed E-state index contributed by atoms with van der Waals surface area (Å²) in [6.45, 7) is 4.71. The smallest absolute Gasteiger partial charge is 0.223 e. The lowest BCUT2D eigenvalue weighted by Gasteiger charge is -2.07. The van der Waals surface area contributed by atoms with Crippen LogP contribution in [-0.4, -0.2) is 29.7 Å². The molecule has 1 saturated carbocycles. The second-order valence-electron chi connectivity index (χ2n) is 5.51. The SMILES string of the molecule is CCc1cc2c(NCCCOCC3CC3)nc(N)nc2s1. The van der Waals surface area contributed by atoms with Gasteiger partial charge in [-0.3, -0.25) is 0 Å². The summed E-state index contributed by atoms with van der Waals surface area (Å²) in [5.41, 5.74) is 5.79. The molecule has 2 aromatic rings. The number of nitrogens with zero attached hydrogens (tertiary/aromatic N) is 2. The quantitative estimate of drug-likeness (QED) is 0.733. The number of hydrogen-bond donors (Lipinski definition) is 2. The summed E-state index contributed by atoms with van der Waals surface area (Å²) in [5, 5.41) is 4.44. The minimum absolute atomic E-state index is 0.333. The van der Waals surface area contributed by atoms with Gasteiger partial charge in [-0.1, -0.05) is 6.92 Å². The Kier molecular flexibility index (Phi) is 4.55. The van der Waals surface area contributed by atoms with Crippen LogP contribution in [0.15, 0.2) is 6.07 Å². The highest BCUT2D eigenvalue weighted by Gasteiger charge is 2.20. The molecule has 1 aliphatic carbocycles. The van der Waals surface area contributed by atoms with Crippen molar-refractivity contribution in [3.8, 4) is 0 Å². The van der Waals surface area contributed by atoms with E-state index in [-0.39, 0.29) is 0 Å². The van der Waals surface area contributed by atoms with Crippen molar-refractivity contribution in [3.63, 3.8) is 0 Å². The van der Waals surface area contributed by atoms with Crippen molar-refractivity contribution in [1.29, 1.82) is 0 Å². The first kappa shape index (κ1) is 14.5. The lowest BCUT2D eigenvalue weighted by Crippen LogP contribution is -2.09. The Bertz CT molecular complexity index is 609. The molecule has 3 N–H and O–H groups in total. The van der Waals surface area contributed by atoms with Crippen molar-refractivity contribution >= 4 is 33.3 Å². The van der Waals surface area contributed by atoms with E-state index < -0.39 is 0 Å². The molecule has 0 aliphatic heterocycles. The summed E-state index contributed by atoms with van der Waals surface area (Å²) in [6, 6.07) is 2.16. The number of thiophene rings is 1. The zero-order chi connectivity index (χ0) is 14.7. The summed E-state index contributed by atoms with van der Waals surface area (Å²) < 4.78 is 5.63. The normalized spacial score (nSPS) is 14.7. The molecule has 6 heteroatoms. The Morgan fingerprint density at radius 2 is 2.29 bits per heavy atom. The molecule has 3 rings (SSSR count). The molecule has 0 bridgehead atoms. The van der Waals surface area contributed by atoms with E-state index >= 15 is 0 Å². The van der Waals surface area contributed by atoms with Gasteiger partial charge in [-0.2, -0.15) is 4.98 Å². The van der Waals surface area contributed by atoms with Gasteiger partial charge in [-0.25, -0.2) is 4.98 Å². The van der Waals surface area contributed by atoms with Crippen LogP contribution < -0.4 is 11.1 Å². The molecule has 0 saturated heterocycles. The van der Waals surface area contributed by atoms with Crippen LogP contribution in [-0.2, 0) is 11.2 Å². The van der Waals surface area contributed by atoms with Gasteiger partial charge in [-0.15, -0.1) is 11.3 Å². The van der Waals surface area contributed by atoms with Crippen LogP contribution in [0, 0.1) is 5.92 Å². The summed E-state index contributed by atoms with van der Waals surface area (Å²) in [6.07, 6.45) is 4.67. The van der Waals surface area contributed by atoms with Crippen LogP contribution in [0.25, 0.3) is 10.2 Å². The van der Waals surface area contributed by atoms with Gasteiger partial charge < -0.3 is 15.8 Å². The van der Waals surface area contributed by atoms with E-state index in [0.29, 0.717) is 5.95 Å². The number of fused-ring (bicyclic) bond motifs is 1. The number of nitrogen functional groups attached to an aromatic ring is 1. The van der Waals surface area contributed by atoms with Gasteiger partial charge in [0.2, 0.25) is 5.95 Å². The summed E-state index contributed by atoms with van der Waals surface area (Å²) in [4.78, 5) is 10.9. The standard InChI is InChI=1S/C15H22N4OS/c1-2-11-8-12-13(18-15(16)19-14(12)21-11)17-6-3-7-20-9-10-4-5-10/h8,10H,2-7,9H2,1H3,(H3,16,17,18,19). The van der Waals surface area contributed by atoms with Crippen molar-refractivity contribution in [1.82, 2.24) is 9.97 Å². The van der Waals surface area contributed by atoms with Crippen LogP contribution in [0.3, 0.4) is 0 Å².